The second-order valence-electron chi connectivity index (χ2n) is 7.22. The number of amides is 1. The van der Waals surface area contributed by atoms with Crippen molar-refractivity contribution < 1.29 is 9.53 Å². The Balaban J connectivity index is 1.42. The number of aryl methyl sites for hydroxylation is 1. The Labute approximate surface area is 159 Å². The maximum atomic E-state index is 12.7. The standard InChI is InChI=1S/C19H26N6O2/c1-14-15(2)25(13-22-14)18-11-17(20-12-21-18)23-5-7-24(8-6-23)19(26)16-3-9-27-10-4-16/h11-13,16H,3-10H2,1-2H3. The highest BCUT2D eigenvalue weighted by Crippen LogP contribution is 2.21. The van der Waals surface area contributed by atoms with Gasteiger partial charge in [-0.25, -0.2) is 15.0 Å². The van der Waals surface area contributed by atoms with Gasteiger partial charge in [-0.1, -0.05) is 0 Å². The Kier molecular flexibility index (Phi) is 5.07. The first-order valence-corrected chi connectivity index (χ1v) is 9.58. The van der Waals surface area contributed by atoms with Crippen molar-refractivity contribution in [3.63, 3.8) is 0 Å². The Bertz CT molecular complexity index is 806. The average Bonchev–Trinajstić information content (AvgIpc) is 3.07. The molecule has 2 fully saturated rings. The lowest BCUT2D eigenvalue weighted by Crippen LogP contribution is -2.51. The number of carbonyl (C=O) groups excluding carboxylic acids is 1. The highest BCUT2D eigenvalue weighted by Gasteiger charge is 2.29. The molecule has 1 amide bonds. The van der Waals surface area contributed by atoms with Gasteiger partial charge < -0.3 is 14.5 Å². The largest absolute Gasteiger partial charge is 0.381 e. The molecule has 2 aromatic rings. The van der Waals surface area contributed by atoms with Gasteiger partial charge in [0, 0.05) is 57.1 Å². The van der Waals surface area contributed by atoms with E-state index in [1.807, 2.05) is 29.4 Å². The van der Waals surface area contributed by atoms with Crippen LogP contribution < -0.4 is 4.90 Å². The van der Waals surface area contributed by atoms with Gasteiger partial charge in [-0.15, -0.1) is 0 Å². The number of anilines is 1. The molecule has 0 bridgehead atoms. The Hall–Kier alpha value is -2.48. The molecule has 27 heavy (non-hydrogen) atoms. The van der Waals surface area contributed by atoms with Crippen LogP contribution in [0.1, 0.15) is 24.2 Å². The van der Waals surface area contributed by atoms with Gasteiger partial charge in [0.15, 0.2) is 0 Å². The molecule has 0 saturated carbocycles. The van der Waals surface area contributed by atoms with E-state index in [-0.39, 0.29) is 11.8 Å². The molecule has 8 heteroatoms. The molecule has 0 aromatic carbocycles. The zero-order chi connectivity index (χ0) is 18.8. The number of carbonyl (C=O) groups is 1. The van der Waals surface area contributed by atoms with Crippen molar-refractivity contribution in [1.82, 2.24) is 24.4 Å². The fourth-order valence-electron chi connectivity index (χ4n) is 3.73. The van der Waals surface area contributed by atoms with Crippen molar-refractivity contribution in [2.24, 2.45) is 5.92 Å². The van der Waals surface area contributed by atoms with Crippen molar-refractivity contribution in [3.05, 3.63) is 30.1 Å². The molecule has 0 N–H and O–H groups in total. The molecule has 2 aromatic heterocycles. The number of piperazine rings is 1. The third kappa shape index (κ3) is 3.66. The molecule has 2 aliphatic heterocycles. The second kappa shape index (κ2) is 7.64. The lowest BCUT2D eigenvalue weighted by Gasteiger charge is -2.37. The molecule has 144 valence electrons. The summed E-state index contributed by atoms with van der Waals surface area (Å²) in [6, 6.07) is 1.99. The predicted molar refractivity (Wildman–Crippen MR) is 101 cm³/mol. The van der Waals surface area contributed by atoms with E-state index in [2.05, 4.69) is 19.9 Å². The average molecular weight is 370 g/mol. The Morgan fingerprint density at radius 2 is 1.74 bits per heavy atom. The fraction of sp³-hybridized carbons (Fsp3) is 0.579. The van der Waals surface area contributed by atoms with E-state index in [1.54, 1.807) is 12.7 Å². The second-order valence-corrected chi connectivity index (χ2v) is 7.22. The molecule has 2 aliphatic rings. The zero-order valence-corrected chi connectivity index (χ0v) is 16.0. The van der Waals surface area contributed by atoms with Gasteiger partial charge in [-0.2, -0.15) is 0 Å². The number of rotatable bonds is 3. The molecule has 8 nitrogen and oxygen atoms in total. The van der Waals surface area contributed by atoms with Crippen LogP contribution in [0.25, 0.3) is 5.82 Å². The van der Waals surface area contributed by atoms with E-state index >= 15 is 0 Å². The summed E-state index contributed by atoms with van der Waals surface area (Å²) in [7, 11) is 0. The van der Waals surface area contributed by atoms with Gasteiger partial charge >= 0.3 is 0 Å². The lowest BCUT2D eigenvalue weighted by atomic mass is 9.98. The van der Waals surface area contributed by atoms with Crippen LogP contribution in [0.4, 0.5) is 5.82 Å². The van der Waals surface area contributed by atoms with Gasteiger partial charge in [0.2, 0.25) is 5.91 Å². The van der Waals surface area contributed by atoms with E-state index in [4.69, 9.17) is 4.74 Å². The number of nitrogens with zero attached hydrogens (tertiary/aromatic N) is 6. The monoisotopic (exact) mass is 370 g/mol. The molecule has 0 radical (unpaired) electrons. The molecule has 0 aliphatic carbocycles. The van der Waals surface area contributed by atoms with Crippen molar-refractivity contribution in [2.45, 2.75) is 26.7 Å². The molecule has 0 unspecified atom stereocenters. The highest BCUT2D eigenvalue weighted by atomic mass is 16.5. The normalized spacial score (nSPS) is 18.7. The predicted octanol–water partition coefficient (Wildman–Crippen LogP) is 1.35. The van der Waals surface area contributed by atoms with E-state index in [1.165, 1.54) is 0 Å². The van der Waals surface area contributed by atoms with E-state index in [9.17, 15) is 4.79 Å². The van der Waals surface area contributed by atoms with Crippen LogP contribution in [0.15, 0.2) is 18.7 Å². The van der Waals surface area contributed by atoms with Crippen LogP contribution in [0, 0.1) is 19.8 Å². The molecule has 0 atom stereocenters. The number of hydrogen-bond donors (Lipinski definition) is 0. The van der Waals surface area contributed by atoms with Crippen LogP contribution in [0.5, 0.6) is 0 Å². The van der Waals surface area contributed by atoms with Gasteiger partial charge in [-0.3, -0.25) is 9.36 Å². The summed E-state index contributed by atoms with van der Waals surface area (Å²) in [5.41, 5.74) is 2.07. The lowest BCUT2D eigenvalue weighted by molar-refractivity contribution is -0.138. The Morgan fingerprint density at radius 1 is 1.04 bits per heavy atom. The summed E-state index contributed by atoms with van der Waals surface area (Å²) in [4.78, 5) is 30.1. The SMILES string of the molecule is Cc1ncn(-c2cc(N3CCN(C(=O)C4CCOCC4)CC3)ncn2)c1C. The van der Waals surface area contributed by atoms with E-state index in [0.717, 1.165) is 62.0 Å². The summed E-state index contributed by atoms with van der Waals surface area (Å²) in [6.45, 7) is 8.46. The molecular weight excluding hydrogens is 344 g/mol. The minimum atomic E-state index is 0.128. The van der Waals surface area contributed by atoms with Crippen LogP contribution in [-0.4, -0.2) is 69.7 Å². The maximum absolute atomic E-state index is 12.7. The topological polar surface area (TPSA) is 76.4 Å². The van der Waals surface area contributed by atoms with Gasteiger partial charge in [-0.05, 0) is 26.7 Å². The molecular formula is C19H26N6O2. The fourth-order valence-corrected chi connectivity index (χ4v) is 3.73. The quantitative estimate of drug-likeness (QED) is 0.812. The van der Waals surface area contributed by atoms with Crippen molar-refractivity contribution in [2.75, 3.05) is 44.3 Å². The number of hydrogen-bond acceptors (Lipinski definition) is 6. The Morgan fingerprint density at radius 3 is 2.41 bits per heavy atom. The summed E-state index contributed by atoms with van der Waals surface area (Å²) in [6.07, 6.45) is 5.08. The number of aromatic nitrogens is 4. The highest BCUT2D eigenvalue weighted by molar-refractivity contribution is 5.79. The first-order valence-electron chi connectivity index (χ1n) is 9.58. The van der Waals surface area contributed by atoms with Crippen LogP contribution in [-0.2, 0) is 9.53 Å². The first kappa shape index (κ1) is 17.9. The van der Waals surface area contributed by atoms with Gasteiger partial charge in [0.25, 0.3) is 0 Å². The first-order chi connectivity index (χ1) is 13.1. The maximum Gasteiger partial charge on any atom is 0.225 e. The van der Waals surface area contributed by atoms with Crippen LogP contribution >= 0.6 is 0 Å². The zero-order valence-electron chi connectivity index (χ0n) is 16.0. The van der Waals surface area contributed by atoms with Gasteiger partial charge in [0.05, 0.1) is 5.69 Å². The third-order valence-electron chi connectivity index (χ3n) is 5.62. The molecule has 4 heterocycles. The van der Waals surface area contributed by atoms with Crippen LogP contribution in [0.2, 0.25) is 0 Å². The summed E-state index contributed by atoms with van der Waals surface area (Å²) >= 11 is 0. The molecule has 2 saturated heterocycles. The number of ether oxygens (including phenoxy) is 1. The summed E-state index contributed by atoms with van der Waals surface area (Å²) in [5.74, 6) is 2.12. The van der Waals surface area contributed by atoms with Crippen molar-refractivity contribution in [3.8, 4) is 5.82 Å². The van der Waals surface area contributed by atoms with Crippen molar-refractivity contribution >= 4 is 11.7 Å². The molecule has 4 rings (SSSR count). The van der Waals surface area contributed by atoms with Crippen molar-refractivity contribution in [1.29, 1.82) is 0 Å². The summed E-state index contributed by atoms with van der Waals surface area (Å²) < 4.78 is 7.35. The van der Waals surface area contributed by atoms with E-state index in [0.29, 0.717) is 13.2 Å². The minimum absolute atomic E-state index is 0.128. The van der Waals surface area contributed by atoms with Gasteiger partial charge in [0.1, 0.15) is 24.3 Å². The third-order valence-corrected chi connectivity index (χ3v) is 5.62. The van der Waals surface area contributed by atoms with E-state index < -0.39 is 0 Å². The number of imidazole rings is 1. The minimum Gasteiger partial charge on any atom is -0.381 e. The molecule has 0 spiro atoms. The van der Waals surface area contributed by atoms with Crippen LogP contribution in [0.3, 0.4) is 0 Å². The smallest absolute Gasteiger partial charge is 0.225 e. The summed E-state index contributed by atoms with van der Waals surface area (Å²) in [5, 5.41) is 0.